The van der Waals surface area contributed by atoms with Crippen molar-refractivity contribution in [3.63, 3.8) is 0 Å². The highest BCUT2D eigenvalue weighted by Gasteiger charge is 2.35. The van der Waals surface area contributed by atoms with Gasteiger partial charge in [0, 0.05) is 11.1 Å². The third-order valence-corrected chi connectivity index (χ3v) is 6.49. The Morgan fingerprint density at radius 3 is 1.49 bits per heavy atom. The van der Waals surface area contributed by atoms with Gasteiger partial charge in [-0.25, -0.2) is 9.59 Å². The topological polar surface area (TPSA) is 52.6 Å². The molecule has 1 aliphatic rings. The van der Waals surface area contributed by atoms with Crippen molar-refractivity contribution in [3.8, 4) is 0 Å². The number of esters is 2. The van der Waals surface area contributed by atoms with Crippen LogP contribution in [-0.2, 0) is 19.1 Å². The van der Waals surface area contributed by atoms with E-state index in [1.165, 1.54) is 32.1 Å². The first-order valence-corrected chi connectivity index (χ1v) is 13.8. The zero-order valence-electron chi connectivity index (χ0n) is 25.3. The molecule has 4 heteroatoms. The number of hydrogen-bond donors (Lipinski definition) is 0. The van der Waals surface area contributed by atoms with Crippen molar-refractivity contribution in [2.24, 2.45) is 23.7 Å². The molecule has 0 aromatic carbocycles. The lowest BCUT2D eigenvalue weighted by Crippen LogP contribution is -2.38. The summed E-state index contributed by atoms with van der Waals surface area (Å²) in [5.74, 6) is 1.58. The van der Waals surface area contributed by atoms with E-state index in [9.17, 15) is 9.59 Å². The van der Waals surface area contributed by atoms with Crippen LogP contribution in [0.4, 0.5) is 0 Å². The molecule has 206 valence electrons. The number of hydrogen-bond acceptors (Lipinski definition) is 4. The molecule has 0 unspecified atom stereocenters. The molecular formula is C31H58O4. The van der Waals surface area contributed by atoms with Gasteiger partial charge in [-0.2, -0.15) is 0 Å². The van der Waals surface area contributed by atoms with Gasteiger partial charge in [-0.15, -0.1) is 0 Å². The SMILES string of the molecule is C=C(C)C(=O)OC(C)(C)C(CC(C)C)CC(C)C.C=C(C)C(=O)OC(C)(C)C1CCCCC1.CC. The summed E-state index contributed by atoms with van der Waals surface area (Å²) in [5, 5.41) is 0. The number of rotatable bonds is 10. The van der Waals surface area contributed by atoms with E-state index in [0.29, 0.717) is 34.8 Å². The molecule has 0 aromatic rings. The lowest BCUT2D eigenvalue weighted by atomic mass is 9.79. The normalized spacial score (nSPS) is 14.5. The second-order valence-corrected chi connectivity index (χ2v) is 11.8. The molecule has 0 saturated heterocycles. The van der Waals surface area contributed by atoms with E-state index >= 15 is 0 Å². The van der Waals surface area contributed by atoms with Crippen molar-refractivity contribution >= 4 is 11.9 Å². The Morgan fingerprint density at radius 1 is 0.771 bits per heavy atom. The summed E-state index contributed by atoms with van der Waals surface area (Å²) in [7, 11) is 0. The third-order valence-electron chi connectivity index (χ3n) is 6.49. The quantitative estimate of drug-likeness (QED) is 0.224. The van der Waals surface area contributed by atoms with E-state index in [2.05, 4.69) is 40.9 Å². The van der Waals surface area contributed by atoms with Crippen LogP contribution < -0.4 is 0 Å². The van der Waals surface area contributed by atoms with Crippen LogP contribution in [0.2, 0.25) is 0 Å². The maximum Gasteiger partial charge on any atom is 0.333 e. The predicted molar refractivity (Wildman–Crippen MR) is 150 cm³/mol. The zero-order valence-corrected chi connectivity index (χ0v) is 25.3. The Hall–Kier alpha value is -1.58. The fourth-order valence-electron chi connectivity index (χ4n) is 4.42. The van der Waals surface area contributed by atoms with Crippen molar-refractivity contribution in [3.05, 3.63) is 24.3 Å². The summed E-state index contributed by atoms with van der Waals surface area (Å²) in [6.07, 6.45) is 8.36. The zero-order chi connectivity index (χ0) is 28.0. The third kappa shape index (κ3) is 15.2. The van der Waals surface area contributed by atoms with Crippen LogP contribution in [0.5, 0.6) is 0 Å². The van der Waals surface area contributed by atoms with E-state index < -0.39 is 5.60 Å². The molecule has 0 aliphatic heterocycles. The maximum absolute atomic E-state index is 11.7. The lowest BCUT2D eigenvalue weighted by Gasteiger charge is -2.36. The minimum Gasteiger partial charge on any atom is -0.456 e. The summed E-state index contributed by atoms with van der Waals surface area (Å²) in [6, 6.07) is 0. The molecule has 0 heterocycles. The predicted octanol–water partition coefficient (Wildman–Crippen LogP) is 9.08. The number of carbonyl (C=O) groups is 2. The molecule has 0 radical (unpaired) electrons. The van der Waals surface area contributed by atoms with Crippen molar-refractivity contribution < 1.29 is 19.1 Å². The molecule has 1 rings (SSSR count). The highest BCUT2D eigenvalue weighted by atomic mass is 16.6. The average Bonchev–Trinajstić information content (AvgIpc) is 2.74. The van der Waals surface area contributed by atoms with Crippen LogP contribution in [0.1, 0.15) is 128 Å². The maximum atomic E-state index is 11.7. The summed E-state index contributed by atoms with van der Waals surface area (Å²) in [4.78, 5) is 23.2. The highest BCUT2D eigenvalue weighted by molar-refractivity contribution is 5.87. The van der Waals surface area contributed by atoms with E-state index in [1.54, 1.807) is 13.8 Å². The van der Waals surface area contributed by atoms with E-state index in [1.807, 2.05) is 41.5 Å². The van der Waals surface area contributed by atoms with Crippen molar-refractivity contribution in [1.29, 1.82) is 0 Å². The molecule has 35 heavy (non-hydrogen) atoms. The van der Waals surface area contributed by atoms with Crippen molar-refractivity contribution in [2.45, 2.75) is 139 Å². The van der Waals surface area contributed by atoms with Gasteiger partial charge in [0.05, 0.1) is 0 Å². The van der Waals surface area contributed by atoms with Gasteiger partial charge < -0.3 is 9.47 Å². The fourth-order valence-corrected chi connectivity index (χ4v) is 4.42. The standard InChI is InChI=1S/C16H30O2.C13H22O2.C2H6/c1-11(2)9-14(10-12(3)4)16(7,8)18-15(17)13(5)6;1-10(2)12(14)15-13(3,4)11-8-6-5-7-9-11;1-2/h11-12,14H,5,9-10H2,1-4,6-8H3;11H,1,5-9H2,2-4H3;1-2H3. The van der Waals surface area contributed by atoms with Gasteiger partial charge in [-0.3, -0.25) is 0 Å². The van der Waals surface area contributed by atoms with Gasteiger partial charge in [0.15, 0.2) is 0 Å². The molecule has 1 saturated carbocycles. The average molecular weight is 495 g/mol. The molecule has 0 atom stereocenters. The van der Waals surface area contributed by atoms with Crippen LogP contribution in [0.3, 0.4) is 0 Å². The van der Waals surface area contributed by atoms with Crippen LogP contribution in [0, 0.1) is 23.7 Å². The van der Waals surface area contributed by atoms with Gasteiger partial charge in [-0.1, -0.05) is 74.0 Å². The van der Waals surface area contributed by atoms with Gasteiger partial charge in [0.25, 0.3) is 0 Å². The second-order valence-electron chi connectivity index (χ2n) is 11.8. The Morgan fingerprint density at radius 2 is 1.14 bits per heavy atom. The summed E-state index contributed by atoms with van der Waals surface area (Å²) >= 11 is 0. The smallest absolute Gasteiger partial charge is 0.333 e. The van der Waals surface area contributed by atoms with Crippen LogP contribution in [0.25, 0.3) is 0 Å². The van der Waals surface area contributed by atoms with Gasteiger partial charge in [0.1, 0.15) is 11.2 Å². The van der Waals surface area contributed by atoms with Crippen LogP contribution in [0.15, 0.2) is 24.3 Å². The van der Waals surface area contributed by atoms with Gasteiger partial charge >= 0.3 is 11.9 Å². The minimum atomic E-state index is -0.426. The van der Waals surface area contributed by atoms with Gasteiger partial charge in [-0.05, 0) is 90.9 Å². The molecule has 0 amide bonds. The van der Waals surface area contributed by atoms with E-state index in [0.717, 1.165) is 12.8 Å². The summed E-state index contributed by atoms with van der Waals surface area (Å²) in [6.45, 7) is 31.6. The van der Waals surface area contributed by atoms with E-state index in [4.69, 9.17) is 9.47 Å². The molecule has 4 nitrogen and oxygen atoms in total. The highest BCUT2D eigenvalue weighted by Crippen LogP contribution is 2.35. The molecule has 0 bridgehead atoms. The Balaban J connectivity index is 0. The van der Waals surface area contributed by atoms with Crippen molar-refractivity contribution in [1.82, 2.24) is 0 Å². The Labute approximate surface area is 218 Å². The van der Waals surface area contributed by atoms with E-state index in [-0.39, 0.29) is 17.5 Å². The van der Waals surface area contributed by atoms with Crippen LogP contribution >= 0.6 is 0 Å². The Kier molecular flexibility index (Phi) is 17.3. The lowest BCUT2D eigenvalue weighted by molar-refractivity contribution is -0.159. The van der Waals surface area contributed by atoms with Crippen LogP contribution in [-0.4, -0.2) is 23.1 Å². The molecule has 1 aliphatic carbocycles. The monoisotopic (exact) mass is 494 g/mol. The molecule has 1 fully saturated rings. The molecule has 0 spiro atoms. The summed E-state index contributed by atoms with van der Waals surface area (Å²) < 4.78 is 11.1. The molecule has 0 N–H and O–H groups in total. The first kappa shape index (κ1) is 35.6. The first-order chi connectivity index (χ1) is 16.0. The van der Waals surface area contributed by atoms with Gasteiger partial charge in [0.2, 0.25) is 0 Å². The minimum absolute atomic E-state index is 0.259. The Bertz CT molecular complexity index is 639. The molecule has 0 aromatic heterocycles. The number of ether oxygens (including phenoxy) is 2. The fraction of sp³-hybridized carbons (Fsp3) is 0.806. The molecular weight excluding hydrogens is 436 g/mol. The largest absolute Gasteiger partial charge is 0.456 e. The first-order valence-electron chi connectivity index (χ1n) is 13.8. The van der Waals surface area contributed by atoms with Crippen molar-refractivity contribution in [2.75, 3.05) is 0 Å². The second kappa shape index (κ2) is 17.0. The summed E-state index contributed by atoms with van der Waals surface area (Å²) in [5.41, 5.74) is 0.191. The number of carbonyl (C=O) groups excluding carboxylic acids is 2.